The molecule has 0 aliphatic heterocycles. The van der Waals surface area contributed by atoms with Crippen LogP contribution in [0.1, 0.15) is 10.4 Å². The van der Waals surface area contributed by atoms with Gasteiger partial charge in [0.15, 0.2) is 23.2 Å². The van der Waals surface area contributed by atoms with Gasteiger partial charge in [-0.2, -0.15) is 0 Å². The van der Waals surface area contributed by atoms with Gasteiger partial charge in [-0.05, 0) is 12.1 Å². The van der Waals surface area contributed by atoms with Crippen molar-refractivity contribution < 1.29 is 18.0 Å². The number of Topliss-reactive ketones (excluding diaryl/α,β-unsaturated/α-hetero) is 1. The lowest BCUT2D eigenvalue weighted by atomic mass is 10.1. The van der Waals surface area contributed by atoms with Crippen LogP contribution in [0.5, 0.6) is 0 Å². The van der Waals surface area contributed by atoms with Crippen LogP contribution in [0.25, 0.3) is 0 Å². The zero-order valence-electron chi connectivity index (χ0n) is 6.48. The molecule has 1 rings (SSSR count). The molecule has 13 heavy (non-hydrogen) atoms. The Morgan fingerprint density at radius 3 is 2.38 bits per heavy atom. The molecule has 0 aliphatic carbocycles. The van der Waals surface area contributed by atoms with E-state index in [4.69, 9.17) is 5.73 Å². The summed E-state index contributed by atoms with van der Waals surface area (Å²) < 4.78 is 37.7. The zero-order valence-corrected chi connectivity index (χ0v) is 6.48. The molecule has 0 radical (unpaired) electrons. The van der Waals surface area contributed by atoms with E-state index in [0.29, 0.717) is 6.07 Å². The molecular formula is C8H6F3NO. The van der Waals surface area contributed by atoms with Crippen LogP contribution in [0.3, 0.4) is 0 Å². The number of hydrogen-bond donors (Lipinski definition) is 1. The van der Waals surface area contributed by atoms with E-state index in [1.165, 1.54) is 0 Å². The lowest BCUT2D eigenvalue weighted by Crippen LogP contribution is -2.16. The highest BCUT2D eigenvalue weighted by atomic mass is 19.2. The first-order valence-electron chi connectivity index (χ1n) is 3.44. The van der Waals surface area contributed by atoms with Crippen LogP contribution in [0.2, 0.25) is 0 Å². The largest absolute Gasteiger partial charge is 0.324 e. The Morgan fingerprint density at radius 2 is 1.85 bits per heavy atom. The van der Waals surface area contributed by atoms with Gasteiger partial charge in [0.05, 0.1) is 12.1 Å². The molecule has 0 unspecified atom stereocenters. The van der Waals surface area contributed by atoms with Gasteiger partial charge in [0, 0.05) is 0 Å². The molecule has 70 valence electrons. The average Bonchev–Trinajstić information content (AvgIpc) is 2.13. The van der Waals surface area contributed by atoms with Crippen LogP contribution in [0, 0.1) is 17.5 Å². The number of halogens is 3. The number of nitrogens with two attached hydrogens (primary N) is 1. The maximum Gasteiger partial charge on any atom is 0.195 e. The summed E-state index contributed by atoms with van der Waals surface area (Å²) in [7, 11) is 0. The van der Waals surface area contributed by atoms with Crippen molar-refractivity contribution in [1.29, 1.82) is 0 Å². The van der Waals surface area contributed by atoms with Crippen molar-refractivity contribution in [2.24, 2.45) is 5.73 Å². The number of ketones is 1. The fourth-order valence-electron chi connectivity index (χ4n) is 0.851. The summed E-state index contributed by atoms with van der Waals surface area (Å²) in [4.78, 5) is 10.8. The summed E-state index contributed by atoms with van der Waals surface area (Å²) in [6, 6.07) is 1.55. The molecule has 0 saturated carbocycles. The topological polar surface area (TPSA) is 43.1 Å². The van der Waals surface area contributed by atoms with Gasteiger partial charge in [-0.1, -0.05) is 0 Å². The second-order valence-corrected chi connectivity index (χ2v) is 2.35. The van der Waals surface area contributed by atoms with Crippen LogP contribution in [-0.4, -0.2) is 12.3 Å². The minimum Gasteiger partial charge on any atom is -0.324 e. The molecule has 0 saturated heterocycles. The summed E-state index contributed by atoms with van der Waals surface area (Å²) in [5.74, 6) is -5.24. The van der Waals surface area contributed by atoms with E-state index in [0.717, 1.165) is 6.07 Å². The lowest BCUT2D eigenvalue weighted by molar-refractivity contribution is 0.0996. The normalized spacial score (nSPS) is 10.2. The summed E-state index contributed by atoms with van der Waals surface area (Å²) >= 11 is 0. The van der Waals surface area contributed by atoms with E-state index in [1.54, 1.807) is 0 Å². The van der Waals surface area contributed by atoms with Crippen molar-refractivity contribution in [2.75, 3.05) is 6.54 Å². The fourth-order valence-corrected chi connectivity index (χ4v) is 0.851. The molecule has 0 heterocycles. The summed E-state index contributed by atoms with van der Waals surface area (Å²) in [6.45, 7) is -0.442. The third-order valence-electron chi connectivity index (χ3n) is 1.52. The fraction of sp³-hybridized carbons (Fsp3) is 0.125. The minimum absolute atomic E-state index is 0.442. The van der Waals surface area contributed by atoms with Gasteiger partial charge < -0.3 is 5.73 Å². The van der Waals surface area contributed by atoms with E-state index < -0.39 is 35.3 Å². The van der Waals surface area contributed by atoms with Gasteiger partial charge in [0.2, 0.25) is 0 Å². The number of carbonyl (C=O) groups excluding carboxylic acids is 1. The third kappa shape index (κ3) is 1.70. The Labute approximate surface area is 72.2 Å². The first kappa shape index (κ1) is 9.73. The second kappa shape index (κ2) is 3.57. The first-order valence-corrected chi connectivity index (χ1v) is 3.44. The van der Waals surface area contributed by atoms with Gasteiger partial charge in [0.1, 0.15) is 0 Å². The Bertz CT molecular complexity index is 351. The van der Waals surface area contributed by atoms with Crippen molar-refractivity contribution >= 4 is 5.78 Å². The molecule has 2 N–H and O–H groups in total. The van der Waals surface area contributed by atoms with E-state index in [9.17, 15) is 18.0 Å². The van der Waals surface area contributed by atoms with E-state index in [-0.39, 0.29) is 0 Å². The number of benzene rings is 1. The standard InChI is InChI=1S/C8H6F3NO/c9-5-2-1-4(6(13)3-12)7(10)8(5)11/h1-2H,3,12H2. The van der Waals surface area contributed by atoms with Crippen LogP contribution >= 0.6 is 0 Å². The smallest absolute Gasteiger partial charge is 0.195 e. The highest BCUT2D eigenvalue weighted by Gasteiger charge is 2.17. The summed E-state index contributed by atoms with van der Waals surface area (Å²) in [5, 5.41) is 0. The molecular weight excluding hydrogens is 183 g/mol. The quantitative estimate of drug-likeness (QED) is 0.562. The highest BCUT2D eigenvalue weighted by molar-refractivity contribution is 5.97. The molecule has 0 aliphatic rings. The molecule has 2 nitrogen and oxygen atoms in total. The van der Waals surface area contributed by atoms with Crippen LogP contribution < -0.4 is 5.73 Å². The van der Waals surface area contributed by atoms with Crippen molar-refractivity contribution in [3.63, 3.8) is 0 Å². The van der Waals surface area contributed by atoms with E-state index in [2.05, 4.69) is 0 Å². The lowest BCUT2D eigenvalue weighted by Gasteiger charge is -2.01. The number of carbonyl (C=O) groups is 1. The van der Waals surface area contributed by atoms with Crippen molar-refractivity contribution in [2.45, 2.75) is 0 Å². The average molecular weight is 189 g/mol. The van der Waals surface area contributed by atoms with E-state index in [1.807, 2.05) is 0 Å². The van der Waals surface area contributed by atoms with Gasteiger partial charge in [0.25, 0.3) is 0 Å². The minimum atomic E-state index is -1.65. The molecule has 0 amide bonds. The Morgan fingerprint density at radius 1 is 1.23 bits per heavy atom. The van der Waals surface area contributed by atoms with Gasteiger partial charge in [-0.25, -0.2) is 13.2 Å². The van der Waals surface area contributed by atoms with Crippen LogP contribution in [0.15, 0.2) is 12.1 Å². The third-order valence-corrected chi connectivity index (χ3v) is 1.52. The van der Waals surface area contributed by atoms with Crippen molar-refractivity contribution in [1.82, 2.24) is 0 Å². The van der Waals surface area contributed by atoms with Crippen molar-refractivity contribution in [3.8, 4) is 0 Å². The predicted molar refractivity (Wildman–Crippen MR) is 39.7 cm³/mol. The molecule has 0 spiro atoms. The maximum absolute atomic E-state index is 12.8. The van der Waals surface area contributed by atoms with Gasteiger partial charge in [-0.15, -0.1) is 0 Å². The number of hydrogen-bond acceptors (Lipinski definition) is 2. The second-order valence-electron chi connectivity index (χ2n) is 2.35. The molecule has 0 aromatic heterocycles. The first-order chi connectivity index (χ1) is 6.07. The van der Waals surface area contributed by atoms with Crippen LogP contribution in [-0.2, 0) is 0 Å². The predicted octanol–water partition coefficient (Wildman–Crippen LogP) is 1.25. The van der Waals surface area contributed by atoms with Gasteiger partial charge >= 0.3 is 0 Å². The Hall–Kier alpha value is -1.36. The number of rotatable bonds is 2. The summed E-state index contributed by atoms with van der Waals surface area (Å²) in [5.41, 5.74) is 4.40. The summed E-state index contributed by atoms with van der Waals surface area (Å²) in [6.07, 6.45) is 0. The monoisotopic (exact) mass is 189 g/mol. The molecule has 0 bridgehead atoms. The zero-order chi connectivity index (χ0) is 10.0. The molecule has 5 heteroatoms. The Balaban J connectivity index is 3.26. The highest BCUT2D eigenvalue weighted by Crippen LogP contribution is 2.15. The molecule has 0 fully saturated rings. The van der Waals surface area contributed by atoms with Gasteiger partial charge in [-0.3, -0.25) is 4.79 Å². The Kier molecular flexibility index (Phi) is 2.67. The van der Waals surface area contributed by atoms with Crippen LogP contribution in [0.4, 0.5) is 13.2 Å². The van der Waals surface area contributed by atoms with E-state index >= 15 is 0 Å². The maximum atomic E-state index is 12.8. The molecule has 1 aromatic rings. The van der Waals surface area contributed by atoms with Crippen molar-refractivity contribution in [3.05, 3.63) is 35.1 Å². The SMILES string of the molecule is NCC(=O)c1ccc(F)c(F)c1F. The molecule has 0 atom stereocenters. The molecule has 1 aromatic carbocycles.